The summed E-state index contributed by atoms with van der Waals surface area (Å²) in [6, 6.07) is 3.01. The first-order valence-corrected chi connectivity index (χ1v) is 9.93. The van der Waals surface area contributed by atoms with E-state index in [0.717, 1.165) is 24.2 Å². The summed E-state index contributed by atoms with van der Waals surface area (Å²) >= 11 is 1.05. The van der Waals surface area contributed by atoms with Crippen LogP contribution in [-0.2, 0) is 26.2 Å². The topological polar surface area (TPSA) is 130 Å². The molecule has 0 spiro atoms. The van der Waals surface area contributed by atoms with Crippen molar-refractivity contribution < 1.29 is 18.0 Å². The van der Waals surface area contributed by atoms with Gasteiger partial charge in [0.15, 0.2) is 0 Å². The number of hydrogen-bond acceptors (Lipinski definition) is 6. The average Bonchev–Trinajstić information content (AvgIpc) is 3.26. The minimum Gasteiger partial charge on any atom is -0.353 e. The molecule has 8 nitrogen and oxygen atoms in total. The number of nitrogens with one attached hydrogen (secondary N) is 3. The van der Waals surface area contributed by atoms with E-state index in [9.17, 15) is 18.0 Å². The first kappa shape index (κ1) is 18.8. The molecule has 10 heteroatoms. The Balaban J connectivity index is 1.79. The average molecular weight is 374 g/mol. The Kier molecular flexibility index (Phi) is 6.33. The van der Waals surface area contributed by atoms with Crippen molar-refractivity contribution in [2.24, 2.45) is 11.7 Å². The van der Waals surface area contributed by atoms with Crippen LogP contribution in [0.25, 0.3) is 0 Å². The predicted molar refractivity (Wildman–Crippen MR) is 90.7 cm³/mol. The summed E-state index contributed by atoms with van der Waals surface area (Å²) in [7, 11) is -3.75. The lowest BCUT2D eigenvalue weighted by molar-refractivity contribution is -0.120. The van der Waals surface area contributed by atoms with Gasteiger partial charge in [0.2, 0.25) is 11.8 Å². The second-order valence-corrected chi connectivity index (χ2v) is 8.92. The monoisotopic (exact) mass is 374 g/mol. The number of hydrogen-bond donors (Lipinski definition) is 4. The second kappa shape index (κ2) is 8.06. The molecule has 1 unspecified atom stereocenters. The molecular formula is C14H22N4O4S2. The molecule has 134 valence electrons. The van der Waals surface area contributed by atoms with Gasteiger partial charge in [0.1, 0.15) is 4.21 Å². The first-order valence-electron chi connectivity index (χ1n) is 7.63. The Morgan fingerprint density at radius 1 is 1.33 bits per heavy atom. The van der Waals surface area contributed by atoms with Crippen molar-refractivity contribution in [3.05, 3.63) is 17.0 Å². The van der Waals surface area contributed by atoms with Gasteiger partial charge in [0.25, 0.3) is 10.0 Å². The predicted octanol–water partition coefficient (Wildman–Crippen LogP) is -0.484. The fraction of sp³-hybridized carbons (Fsp3) is 0.571. The van der Waals surface area contributed by atoms with Crippen LogP contribution in [-0.4, -0.2) is 39.4 Å². The number of nitrogens with two attached hydrogens (primary N) is 1. The number of thiophene rings is 1. The molecule has 1 aliphatic rings. The molecule has 2 rings (SSSR count). The van der Waals surface area contributed by atoms with Crippen LogP contribution in [0.4, 0.5) is 0 Å². The van der Waals surface area contributed by atoms with E-state index in [1.165, 1.54) is 13.0 Å². The smallest absolute Gasteiger partial charge is 0.250 e. The number of carbonyl (C=O) groups is 2. The van der Waals surface area contributed by atoms with Gasteiger partial charge in [0.05, 0.1) is 13.1 Å². The molecule has 0 aromatic carbocycles. The lowest BCUT2D eigenvalue weighted by Crippen LogP contribution is -2.43. The van der Waals surface area contributed by atoms with Crippen LogP contribution in [0.2, 0.25) is 0 Å². The molecule has 2 amide bonds. The largest absolute Gasteiger partial charge is 0.353 e. The third-order valence-corrected chi connectivity index (χ3v) is 6.58. The lowest BCUT2D eigenvalue weighted by Gasteiger charge is -2.11. The van der Waals surface area contributed by atoms with E-state index in [4.69, 9.17) is 5.73 Å². The van der Waals surface area contributed by atoms with E-state index in [2.05, 4.69) is 15.4 Å². The van der Waals surface area contributed by atoms with Crippen LogP contribution < -0.4 is 21.1 Å². The molecule has 0 aliphatic heterocycles. The van der Waals surface area contributed by atoms with Crippen LogP contribution in [0.15, 0.2) is 16.3 Å². The van der Waals surface area contributed by atoms with Crippen molar-refractivity contribution >= 4 is 33.2 Å². The van der Waals surface area contributed by atoms with Crippen LogP contribution in [0.1, 0.15) is 24.6 Å². The molecule has 1 heterocycles. The maximum absolute atomic E-state index is 12.2. The van der Waals surface area contributed by atoms with Crippen molar-refractivity contribution in [2.75, 3.05) is 13.1 Å². The van der Waals surface area contributed by atoms with E-state index in [-0.39, 0.29) is 29.2 Å². The van der Waals surface area contributed by atoms with Crippen LogP contribution in [0, 0.1) is 5.92 Å². The standard InChI is InChI=1S/C14H22N4O4S2/c1-9(19)16-6-11-4-5-14(23-11)24(21,22)18-8-13(20)17-7-12(15)10-2-3-10/h4-5,10,12,18H,2-3,6-8,15H2,1H3,(H,16,19)(H,17,20). The highest BCUT2D eigenvalue weighted by Crippen LogP contribution is 2.31. The zero-order valence-corrected chi connectivity index (χ0v) is 15.0. The molecule has 1 saturated carbocycles. The zero-order valence-electron chi connectivity index (χ0n) is 13.4. The minimum absolute atomic E-state index is 0.0702. The van der Waals surface area contributed by atoms with Gasteiger partial charge in [-0.3, -0.25) is 9.59 Å². The Hall–Kier alpha value is -1.49. The number of rotatable bonds is 9. The summed E-state index contributed by atoms with van der Waals surface area (Å²) < 4.78 is 26.7. The maximum Gasteiger partial charge on any atom is 0.250 e. The molecule has 0 bridgehead atoms. The van der Waals surface area contributed by atoms with Gasteiger partial charge in [-0.15, -0.1) is 11.3 Å². The Morgan fingerprint density at radius 2 is 2.04 bits per heavy atom. The minimum atomic E-state index is -3.75. The highest BCUT2D eigenvalue weighted by molar-refractivity contribution is 7.91. The summed E-state index contributed by atoms with van der Waals surface area (Å²) in [4.78, 5) is 23.3. The molecule has 1 aliphatic carbocycles. The van der Waals surface area contributed by atoms with Crippen LogP contribution in [0.3, 0.4) is 0 Å². The van der Waals surface area contributed by atoms with E-state index >= 15 is 0 Å². The summed E-state index contributed by atoms with van der Waals surface area (Å²) in [6.07, 6.45) is 2.17. The van der Waals surface area contributed by atoms with Crippen molar-refractivity contribution in [3.8, 4) is 0 Å². The number of amides is 2. The SMILES string of the molecule is CC(=O)NCc1ccc(S(=O)(=O)NCC(=O)NCC(N)C2CC2)s1. The molecule has 1 aromatic heterocycles. The Labute approximate surface area is 145 Å². The van der Waals surface area contributed by atoms with Crippen molar-refractivity contribution in [1.82, 2.24) is 15.4 Å². The van der Waals surface area contributed by atoms with E-state index in [1.807, 2.05) is 0 Å². The van der Waals surface area contributed by atoms with Gasteiger partial charge >= 0.3 is 0 Å². The van der Waals surface area contributed by atoms with E-state index in [1.54, 1.807) is 6.07 Å². The van der Waals surface area contributed by atoms with Crippen molar-refractivity contribution in [3.63, 3.8) is 0 Å². The molecular weight excluding hydrogens is 352 g/mol. The van der Waals surface area contributed by atoms with Crippen molar-refractivity contribution in [1.29, 1.82) is 0 Å². The highest BCUT2D eigenvalue weighted by Gasteiger charge is 2.28. The number of carbonyl (C=O) groups excluding carboxylic acids is 2. The van der Waals surface area contributed by atoms with Crippen LogP contribution >= 0.6 is 11.3 Å². The van der Waals surface area contributed by atoms with E-state index in [0.29, 0.717) is 17.3 Å². The van der Waals surface area contributed by atoms with Gasteiger partial charge in [-0.1, -0.05) is 0 Å². The molecule has 24 heavy (non-hydrogen) atoms. The molecule has 0 radical (unpaired) electrons. The van der Waals surface area contributed by atoms with Crippen LogP contribution in [0.5, 0.6) is 0 Å². The third-order valence-electron chi connectivity index (χ3n) is 3.60. The third kappa shape index (κ3) is 5.86. The number of sulfonamides is 1. The Bertz CT molecular complexity index is 697. The summed E-state index contributed by atoms with van der Waals surface area (Å²) in [5, 5.41) is 5.23. The van der Waals surface area contributed by atoms with Gasteiger partial charge in [-0.25, -0.2) is 13.1 Å². The fourth-order valence-corrected chi connectivity index (χ4v) is 4.35. The maximum atomic E-state index is 12.2. The summed E-state index contributed by atoms with van der Waals surface area (Å²) in [5.41, 5.74) is 5.87. The second-order valence-electron chi connectivity index (χ2n) is 5.76. The lowest BCUT2D eigenvalue weighted by atomic mass is 10.2. The molecule has 5 N–H and O–H groups in total. The zero-order chi connectivity index (χ0) is 17.7. The van der Waals surface area contributed by atoms with Gasteiger partial charge in [0, 0.05) is 24.4 Å². The quantitative estimate of drug-likeness (QED) is 0.464. The molecule has 1 fully saturated rings. The Morgan fingerprint density at radius 3 is 2.67 bits per heavy atom. The summed E-state index contributed by atoms with van der Waals surface area (Å²) in [5.74, 6) is -0.133. The van der Waals surface area contributed by atoms with Gasteiger partial charge in [-0.05, 0) is 30.9 Å². The normalized spacial score (nSPS) is 15.8. The highest BCUT2D eigenvalue weighted by atomic mass is 32.2. The van der Waals surface area contributed by atoms with E-state index < -0.39 is 15.9 Å². The fourth-order valence-electron chi connectivity index (χ4n) is 2.03. The first-order chi connectivity index (χ1) is 11.3. The molecule has 1 atom stereocenters. The van der Waals surface area contributed by atoms with Gasteiger partial charge in [-0.2, -0.15) is 0 Å². The van der Waals surface area contributed by atoms with Crippen molar-refractivity contribution in [2.45, 2.75) is 36.6 Å². The molecule has 0 saturated heterocycles. The summed E-state index contributed by atoms with van der Waals surface area (Å²) in [6.45, 7) is 1.68. The molecule has 1 aromatic rings. The van der Waals surface area contributed by atoms with Gasteiger partial charge < -0.3 is 16.4 Å².